The van der Waals surface area contributed by atoms with Gasteiger partial charge >= 0.3 is 0 Å². The van der Waals surface area contributed by atoms with Crippen LogP contribution in [0.4, 0.5) is 0 Å². The highest BCUT2D eigenvalue weighted by Gasteiger charge is 2.38. The Morgan fingerprint density at radius 3 is 2.04 bits per heavy atom. The quantitative estimate of drug-likeness (QED) is 0.609. The van der Waals surface area contributed by atoms with Crippen LogP contribution in [0.3, 0.4) is 0 Å². The van der Waals surface area contributed by atoms with Gasteiger partial charge in [-0.15, -0.1) is 5.92 Å². The van der Waals surface area contributed by atoms with E-state index in [0.717, 1.165) is 6.54 Å². The molecular formula is C21H23NO2. The van der Waals surface area contributed by atoms with E-state index in [2.05, 4.69) is 17.2 Å². The monoisotopic (exact) mass is 321 g/mol. The molecular weight excluding hydrogens is 298 g/mol. The van der Waals surface area contributed by atoms with Crippen molar-refractivity contribution in [3.63, 3.8) is 0 Å². The molecule has 2 aromatic carbocycles. The third kappa shape index (κ3) is 4.32. The molecule has 0 saturated carbocycles. The van der Waals surface area contributed by atoms with Crippen LogP contribution in [0.1, 0.15) is 30.9 Å². The number of hydrogen-bond donors (Lipinski definition) is 2. The molecule has 3 nitrogen and oxygen atoms in total. The number of nitrogens with one attached hydrogen (secondary N) is 1. The van der Waals surface area contributed by atoms with E-state index in [4.69, 9.17) is 0 Å². The topological polar surface area (TPSA) is 49.3 Å². The SMILES string of the molecule is CCNCC#CCCC(=O)C(O)(c1ccccc1)c1ccccc1. The number of rotatable bonds is 7. The van der Waals surface area contributed by atoms with Crippen molar-refractivity contribution in [2.45, 2.75) is 25.4 Å². The highest BCUT2D eigenvalue weighted by atomic mass is 16.3. The Bertz CT molecular complexity index is 659. The van der Waals surface area contributed by atoms with Crippen LogP contribution in [0.2, 0.25) is 0 Å². The van der Waals surface area contributed by atoms with E-state index < -0.39 is 5.60 Å². The Morgan fingerprint density at radius 1 is 1.00 bits per heavy atom. The molecule has 3 heteroatoms. The second-order valence-electron chi connectivity index (χ2n) is 5.50. The summed E-state index contributed by atoms with van der Waals surface area (Å²) in [6, 6.07) is 18.2. The third-order valence-corrected chi connectivity index (χ3v) is 3.85. The Labute approximate surface area is 143 Å². The first kappa shape index (κ1) is 17.9. The zero-order chi connectivity index (χ0) is 17.3. The Balaban J connectivity index is 2.20. The van der Waals surface area contributed by atoms with E-state index in [9.17, 15) is 9.90 Å². The molecule has 2 N–H and O–H groups in total. The molecule has 24 heavy (non-hydrogen) atoms. The minimum atomic E-state index is -1.63. The van der Waals surface area contributed by atoms with Gasteiger partial charge in [-0.25, -0.2) is 0 Å². The minimum absolute atomic E-state index is 0.208. The molecule has 124 valence electrons. The molecule has 0 aliphatic heterocycles. The van der Waals surface area contributed by atoms with Crippen LogP contribution in [-0.4, -0.2) is 24.0 Å². The maximum atomic E-state index is 12.8. The number of benzene rings is 2. The molecule has 0 aromatic heterocycles. The summed E-state index contributed by atoms with van der Waals surface area (Å²) in [4.78, 5) is 12.8. The fourth-order valence-electron chi connectivity index (χ4n) is 2.54. The zero-order valence-electron chi connectivity index (χ0n) is 14.0. The fraction of sp³-hybridized carbons (Fsp3) is 0.286. The predicted molar refractivity (Wildman–Crippen MR) is 96.4 cm³/mol. The van der Waals surface area contributed by atoms with Crippen molar-refractivity contribution in [3.05, 3.63) is 71.8 Å². The Hall–Kier alpha value is -2.41. The van der Waals surface area contributed by atoms with Crippen molar-refractivity contribution in [2.24, 2.45) is 0 Å². The van der Waals surface area contributed by atoms with Crippen molar-refractivity contribution >= 4 is 5.78 Å². The molecule has 0 aliphatic rings. The van der Waals surface area contributed by atoms with E-state index in [1.807, 2.05) is 43.3 Å². The molecule has 0 aliphatic carbocycles. The molecule has 0 atom stereocenters. The summed E-state index contributed by atoms with van der Waals surface area (Å²) in [5, 5.41) is 14.4. The van der Waals surface area contributed by atoms with E-state index >= 15 is 0 Å². The number of hydrogen-bond acceptors (Lipinski definition) is 3. The first-order valence-electron chi connectivity index (χ1n) is 8.22. The zero-order valence-corrected chi connectivity index (χ0v) is 14.0. The van der Waals surface area contributed by atoms with E-state index in [1.54, 1.807) is 24.3 Å². The normalized spacial score (nSPS) is 10.8. The summed E-state index contributed by atoms with van der Waals surface area (Å²) < 4.78 is 0. The van der Waals surface area contributed by atoms with Gasteiger partial charge in [0.2, 0.25) is 0 Å². The van der Waals surface area contributed by atoms with Gasteiger partial charge in [-0.2, -0.15) is 0 Å². The molecule has 0 bridgehead atoms. The number of carbonyl (C=O) groups is 1. The summed E-state index contributed by atoms with van der Waals surface area (Å²) in [5.74, 6) is 5.72. The standard InChI is InChI=1S/C21H23NO2/c1-2-22-17-11-5-10-16-20(23)21(24,18-12-6-3-7-13-18)19-14-8-4-9-15-19/h3-4,6-9,12-15,22,24H,2,10,16-17H2,1H3. The lowest BCUT2D eigenvalue weighted by molar-refractivity contribution is -0.134. The van der Waals surface area contributed by atoms with Crippen molar-refractivity contribution < 1.29 is 9.90 Å². The van der Waals surface area contributed by atoms with Crippen LogP contribution in [-0.2, 0) is 10.4 Å². The smallest absolute Gasteiger partial charge is 0.174 e. The molecule has 0 spiro atoms. The molecule has 0 amide bonds. The van der Waals surface area contributed by atoms with Crippen LogP contribution in [0.15, 0.2) is 60.7 Å². The minimum Gasteiger partial charge on any atom is -0.373 e. The van der Waals surface area contributed by atoms with E-state index in [0.29, 0.717) is 24.1 Å². The van der Waals surface area contributed by atoms with Crippen molar-refractivity contribution in [1.82, 2.24) is 5.32 Å². The van der Waals surface area contributed by atoms with Gasteiger partial charge in [0.1, 0.15) is 0 Å². The van der Waals surface area contributed by atoms with Gasteiger partial charge in [-0.05, 0) is 17.7 Å². The molecule has 0 unspecified atom stereocenters. The summed E-state index contributed by atoms with van der Waals surface area (Å²) in [7, 11) is 0. The second kappa shape index (κ2) is 9.02. The largest absolute Gasteiger partial charge is 0.373 e. The molecule has 0 saturated heterocycles. The van der Waals surface area contributed by atoms with Crippen LogP contribution in [0, 0.1) is 11.8 Å². The summed E-state index contributed by atoms with van der Waals surface area (Å²) >= 11 is 0. The predicted octanol–water partition coefficient (Wildman–Crippen LogP) is 2.88. The van der Waals surface area contributed by atoms with Gasteiger partial charge in [0, 0.05) is 12.8 Å². The lowest BCUT2D eigenvalue weighted by Crippen LogP contribution is -2.36. The van der Waals surface area contributed by atoms with Crippen LogP contribution >= 0.6 is 0 Å². The first-order valence-corrected chi connectivity index (χ1v) is 8.22. The first-order chi connectivity index (χ1) is 11.7. The van der Waals surface area contributed by atoms with Crippen molar-refractivity contribution in [3.8, 4) is 11.8 Å². The van der Waals surface area contributed by atoms with Gasteiger partial charge in [0.25, 0.3) is 0 Å². The average molecular weight is 321 g/mol. The van der Waals surface area contributed by atoms with Gasteiger partial charge < -0.3 is 10.4 Å². The van der Waals surface area contributed by atoms with Gasteiger partial charge in [-0.1, -0.05) is 73.5 Å². The van der Waals surface area contributed by atoms with Crippen molar-refractivity contribution in [2.75, 3.05) is 13.1 Å². The Kier molecular flexibility index (Phi) is 6.74. The summed E-state index contributed by atoms with van der Waals surface area (Å²) in [6.07, 6.45) is 0.644. The lowest BCUT2D eigenvalue weighted by Gasteiger charge is -2.27. The van der Waals surface area contributed by atoms with Crippen LogP contribution in [0.25, 0.3) is 0 Å². The molecule has 2 rings (SSSR count). The third-order valence-electron chi connectivity index (χ3n) is 3.85. The molecule has 0 radical (unpaired) electrons. The van der Waals surface area contributed by atoms with E-state index in [-0.39, 0.29) is 12.2 Å². The molecule has 0 heterocycles. The van der Waals surface area contributed by atoms with Gasteiger partial charge in [0.15, 0.2) is 11.4 Å². The van der Waals surface area contributed by atoms with Gasteiger partial charge in [0.05, 0.1) is 6.54 Å². The number of aliphatic hydroxyl groups is 1. The van der Waals surface area contributed by atoms with Crippen LogP contribution < -0.4 is 5.32 Å². The maximum Gasteiger partial charge on any atom is 0.174 e. The lowest BCUT2D eigenvalue weighted by atomic mass is 9.81. The highest BCUT2D eigenvalue weighted by Crippen LogP contribution is 2.31. The van der Waals surface area contributed by atoms with Crippen LogP contribution in [0.5, 0.6) is 0 Å². The second-order valence-corrected chi connectivity index (χ2v) is 5.50. The number of carbonyl (C=O) groups excluding carboxylic acids is 1. The van der Waals surface area contributed by atoms with Crippen molar-refractivity contribution in [1.29, 1.82) is 0 Å². The number of ketones is 1. The summed E-state index contributed by atoms with van der Waals surface area (Å²) in [6.45, 7) is 3.51. The number of Topliss-reactive ketones (excluding diaryl/α,β-unsaturated/α-hetero) is 1. The molecule has 2 aromatic rings. The maximum absolute atomic E-state index is 12.8. The Morgan fingerprint density at radius 2 is 1.54 bits per heavy atom. The average Bonchev–Trinajstić information content (AvgIpc) is 2.65. The fourth-order valence-corrected chi connectivity index (χ4v) is 2.54. The summed E-state index contributed by atoms with van der Waals surface area (Å²) in [5.41, 5.74) is -0.463. The van der Waals surface area contributed by atoms with E-state index in [1.165, 1.54) is 0 Å². The highest BCUT2D eigenvalue weighted by molar-refractivity contribution is 5.92. The van der Waals surface area contributed by atoms with Gasteiger partial charge in [-0.3, -0.25) is 4.79 Å². The molecule has 0 fully saturated rings.